The number of hydrogen-bond acceptors (Lipinski definition) is 3. The van der Waals surface area contributed by atoms with Crippen LogP contribution in [0.4, 0.5) is 5.69 Å². The van der Waals surface area contributed by atoms with Crippen molar-refractivity contribution in [2.75, 3.05) is 26.0 Å². The van der Waals surface area contributed by atoms with Gasteiger partial charge in [-0.2, -0.15) is 0 Å². The van der Waals surface area contributed by atoms with Crippen LogP contribution in [0, 0.1) is 6.92 Å². The Bertz CT molecular complexity index is 441. The lowest BCUT2D eigenvalue weighted by molar-refractivity contribution is -0.126. The number of anilines is 1. The second kappa shape index (κ2) is 5.34. The molecule has 0 fully saturated rings. The zero-order valence-electron chi connectivity index (χ0n) is 10.2. The second-order valence-electron chi connectivity index (χ2n) is 3.98. The van der Waals surface area contributed by atoms with E-state index in [0.717, 1.165) is 11.3 Å². The van der Waals surface area contributed by atoms with E-state index in [0.29, 0.717) is 0 Å². The van der Waals surface area contributed by atoms with Crippen LogP contribution in [0.2, 0.25) is 0 Å². The zero-order valence-corrected chi connectivity index (χ0v) is 10.2. The molecule has 1 aromatic rings. The molecule has 1 aromatic carbocycles. The van der Waals surface area contributed by atoms with Crippen molar-refractivity contribution >= 4 is 17.6 Å². The third kappa shape index (κ3) is 3.48. The highest BCUT2D eigenvalue weighted by Gasteiger charge is 2.07. The molecular weight excluding hydrogens is 220 g/mol. The Morgan fingerprint density at radius 1 is 1.35 bits per heavy atom. The Kier molecular flexibility index (Phi) is 4.09. The van der Waals surface area contributed by atoms with E-state index < -0.39 is 5.97 Å². The Hall–Kier alpha value is -2.04. The van der Waals surface area contributed by atoms with Crippen molar-refractivity contribution in [3.63, 3.8) is 0 Å². The Labute approximate surface area is 100 Å². The van der Waals surface area contributed by atoms with Crippen LogP contribution < -0.4 is 5.32 Å². The quantitative estimate of drug-likeness (QED) is 0.824. The molecule has 0 bridgehead atoms. The van der Waals surface area contributed by atoms with Crippen molar-refractivity contribution in [1.29, 1.82) is 0 Å². The summed E-state index contributed by atoms with van der Waals surface area (Å²) in [6.45, 7) is 2.00. The zero-order chi connectivity index (χ0) is 13.0. The normalized spacial score (nSPS) is 9.82. The average Bonchev–Trinajstić information content (AvgIpc) is 2.26. The summed E-state index contributed by atoms with van der Waals surface area (Å²) in [6.07, 6.45) is 0. The van der Waals surface area contributed by atoms with Crippen LogP contribution in [0.5, 0.6) is 0 Å². The molecule has 0 saturated heterocycles. The van der Waals surface area contributed by atoms with Crippen molar-refractivity contribution in [2.24, 2.45) is 0 Å². The molecule has 0 aromatic heterocycles. The van der Waals surface area contributed by atoms with Gasteiger partial charge in [0.2, 0.25) is 5.91 Å². The summed E-state index contributed by atoms with van der Waals surface area (Å²) in [6, 6.07) is 4.75. The van der Waals surface area contributed by atoms with Gasteiger partial charge in [-0.3, -0.25) is 4.79 Å². The van der Waals surface area contributed by atoms with Crippen molar-refractivity contribution in [3.8, 4) is 0 Å². The maximum absolute atomic E-state index is 11.4. The first-order valence-corrected chi connectivity index (χ1v) is 5.20. The molecule has 17 heavy (non-hydrogen) atoms. The minimum atomic E-state index is -0.955. The minimum absolute atomic E-state index is 0.0355. The molecule has 0 heterocycles. The van der Waals surface area contributed by atoms with Gasteiger partial charge in [0.1, 0.15) is 0 Å². The summed E-state index contributed by atoms with van der Waals surface area (Å²) < 4.78 is 0. The van der Waals surface area contributed by atoms with Gasteiger partial charge in [0, 0.05) is 19.8 Å². The molecule has 1 rings (SSSR count). The van der Waals surface area contributed by atoms with E-state index in [2.05, 4.69) is 5.32 Å². The first-order valence-electron chi connectivity index (χ1n) is 5.20. The smallest absolute Gasteiger partial charge is 0.335 e. The van der Waals surface area contributed by atoms with E-state index in [1.165, 1.54) is 11.0 Å². The highest BCUT2D eigenvalue weighted by molar-refractivity contribution is 5.88. The fraction of sp³-hybridized carbons (Fsp3) is 0.333. The number of rotatable bonds is 4. The topological polar surface area (TPSA) is 69.6 Å². The third-order valence-electron chi connectivity index (χ3n) is 2.40. The van der Waals surface area contributed by atoms with E-state index in [1.807, 2.05) is 0 Å². The van der Waals surface area contributed by atoms with Crippen LogP contribution in [-0.2, 0) is 4.79 Å². The highest BCUT2D eigenvalue weighted by atomic mass is 16.4. The molecule has 0 unspecified atom stereocenters. The number of amides is 1. The number of hydrogen-bond donors (Lipinski definition) is 2. The third-order valence-corrected chi connectivity index (χ3v) is 2.40. The number of aryl methyl sites for hydroxylation is 1. The Morgan fingerprint density at radius 3 is 2.47 bits per heavy atom. The second-order valence-corrected chi connectivity index (χ2v) is 3.98. The number of aromatic carboxylic acids is 1. The predicted octanol–water partition coefficient (Wildman–Crippen LogP) is 1.19. The maximum Gasteiger partial charge on any atom is 0.335 e. The molecular formula is C12H16N2O3. The summed E-state index contributed by atoms with van der Waals surface area (Å²) in [7, 11) is 3.37. The predicted molar refractivity (Wildman–Crippen MR) is 65.3 cm³/mol. The van der Waals surface area contributed by atoms with E-state index in [1.54, 1.807) is 33.2 Å². The Morgan fingerprint density at radius 2 is 2.00 bits per heavy atom. The molecule has 0 aliphatic rings. The first kappa shape index (κ1) is 13.0. The molecule has 0 atom stereocenters. The van der Waals surface area contributed by atoms with Crippen LogP contribution >= 0.6 is 0 Å². The summed E-state index contributed by atoms with van der Waals surface area (Å²) in [4.78, 5) is 23.6. The van der Waals surface area contributed by atoms with Gasteiger partial charge in [0.05, 0.1) is 12.1 Å². The Balaban J connectivity index is 2.73. The fourth-order valence-electron chi connectivity index (χ4n) is 1.32. The van der Waals surface area contributed by atoms with E-state index >= 15 is 0 Å². The van der Waals surface area contributed by atoms with Crippen LogP contribution in [0.15, 0.2) is 18.2 Å². The molecule has 0 aliphatic heterocycles. The monoisotopic (exact) mass is 236 g/mol. The lowest BCUT2D eigenvalue weighted by Crippen LogP contribution is -2.28. The van der Waals surface area contributed by atoms with E-state index in [9.17, 15) is 9.59 Å². The largest absolute Gasteiger partial charge is 0.478 e. The van der Waals surface area contributed by atoms with Gasteiger partial charge in [0.15, 0.2) is 0 Å². The van der Waals surface area contributed by atoms with Gasteiger partial charge in [0.25, 0.3) is 0 Å². The number of carbonyl (C=O) groups is 2. The summed E-state index contributed by atoms with van der Waals surface area (Å²) in [5.74, 6) is -0.990. The standard InChI is InChI=1S/C12H16N2O3/c1-8-6-9(12(16)17)4-5-10(8)13-7-11(15)14(2)3/h4-6,13H,7H2,1-3H3,(H,16,17). The first-order chi connectivity index (χ1) is 7.91. The van der Waals surface area contributed by atoms with E-state index in [4.69, 9.17) is 5.11 Å². The van der Waals surface area contributed by atoms with Gasteiger partial charge >= 0.3 is 5.97 Å². The number of carbonyl (C=O) groups excluding carboxylic acids is 1. The number of benzene rings is 1. The average molecular weight is 236 g/mol. The summed E-state index contributed by atoms with van der Waals surface area (Å²) in [5, 5.41) is 11.8. The van der Waals surface area contributed by atoms with Crippen LogP contribution in [0.25, 0.3) is 0 Å². The van der Waals surface area contributed by atoms with Crippen molar-refractivity contribution < 1.29 is 14.7 Å². The molecule has 1 amide bonds. The van der Waals surface area contributed by atoms with Crippen LogP contribution in [-0.4, -0.2) is 42.5 Å². The molecule has 0 aliphatic carbocycles. The maximum atomic E-state index is 11.4. The van der Waals surface area contributed by atoms with Crippen molar-refractivity contribution in [3.05, 3.63) is 29.3 Å². The molecule has 0 spiro atoms. The van der Waals surface area contributed by atoms with Gasteiger partial charge in [-0.1, -0.05) is 0 Å². The van der Waals surface area contributed by atoms with E-state index in [-0.39, 0.29) is 18.0 Å². The number of nitrogens with one attached hydrogen (secondary N) is 1. The minimum Gasteiger partial charge on any atom is -0.478 e. The highest BCUT2D eigenvalue weighted by Crippen LogP contribution is 2.16. The fourth-order valence-corrected chi connectivity index (χ4v) is 1.32. The lowest BCUT2D eigenvalue weighted by Gasteiger charge is -2.13. The SMILES string of the molecule is Cc1cc(C(=O)O)ccc1NCC(=O)N(C)C. The molecule has 92 valence electrons. The van der Waals surface area contributed by atoms with Crippen molar-refractivity contribution in [2.45, 2.75) is 6.92 Å². The summed E-state index contributed by atoms with van der Waals surface area (Å²) in [5.41, 5.74) is 1.81. The molecule has 0 saturated carbocycles. The van der Waals surface area contributed by atoms with Crippen LogP contribution in [0.3, 0.4) is 0 Å². The van der Waals surface area contributed by atoms with Gasteiger partial charge < -0.3 is 15.3 Å². The van der Waals surface area contributed by atoms with Crippen molar-refractivity contribution in [1.82, 2.24) is 4.90 Å². The lowest BCUT2D eigenvalue weighted by atomic mass is 10.1. The molecule has 2 N–H and O–H groups in total. The van der Waals surface area contributed by atoms with Gasteiger partial charge in [-0.15, -0.1) is 0 Å². The summed E-state index contributed by atoms with van der Waals surface area (Å²) >= 11 is 0. The van der Waals surface area contributed by atoms with Crippen LogP contribution in [0.1, 0.15) is 15.9 Å². The van der Waals surface area contributed by atoms with Gasteiger partial charge in [-0.05, 0) is 30.7 Å². The molecule has 5 heteroatoms. The number of carboxylic acids is 1. The number of likely N-dealkylation sites (N-methyl/N-ethyl adjacent to an activating group) is 1. The number of carboxylic acid groups (broad SMARTS) is 1. The van der Waals surface area contributed by atoms with Gasteiger partial charge in [-0.25, -0.2) is 4.79 Å². The molecule has 0 radical (unpaired) electrons. The number of nitrogens with zero attached hydrogens (tertiary/aromatic N) is 1. The molecule has 5 nitrogen and oxygen atoms in total.